The van der Waals surface area contributed by atoms with Gasteiger partial charge >= 0.3 is 0 Å². The Bertz CT molecular complexity index is 1010. The normalized spacial score (nSPS) is 11.3. The van der Waals surface area contributed by atoms with Gasteiger partial charge in [-0.3, -0.25) is 9.79 Å². The fourth-order valence-electron chi connectivity index (χ4n) is 2.16. The number of aliphatic imine (C=N–C) groups is 1. The van der Waals surface area contributed by atoms with E-state index in [0.717, 1.165) is 5.52 Å². The Labute approximate surface area is 159 Å². The van der Waals surface area contributed by atoms with Crippen LogP contribution < -0.4 is 5.32 Å². The minimum atomic E-state index is -0.301. The van der Waals surface area contributed by atoms with Crippen LogP contribution in [0.5, 0.6) is 11.5 Å². The van der Waals surface area contributed by atoms with Gasteiger partial charge in [-0.2, -0.15) is 0 Å². The average Bonchev–Trinajstić information content (AvgIpc) is 3.04. The molecule has 3 rings (SSSR count). The van der Waals surface area contributed by atoms with Gasteiger partial charge in [0.15, 0.2) is 5.82 Å². The van der Waals surface area contributed by atoms with Crippen molar-refractivity contribution in [3.63, 3.8) is 0 Å². The van der Waals surface area contributed by atoms with Gasteiger partial charge in [-0.15, -0.1) is 0 Å². The highest BCUT2D eigenvalue weighted by Crippen LogP contribution is 2.40. The van der Waals surface area contributed by atoms with Crippen LogP contribution in [0.1, 0.15) is 16.2 Å². The lowest BCUT2D eigenvalue weighted by Crippen LogP contribution is -2.19. The molecule has 1 heterocycles. The number of amides is 1. The summed E-state index contributed by atoms with van der Waals surface area (Å²) in [6.45, 7) is 0. The van der Waals surface area contributed by atoms with Crippen molar-refractivity contribution in [3.8, 4) is 11.5 Å². The molecule has 1 amide bonds. The summed E-state index contributed by atoms with van der Waals surface area (Å²) in [6, 6.07) is 6.79. The summed E-state index contributed by atoms with van der Waals surface area (Å²) in [5.41, 5.74) is 2.34. The number of nitrogens with one attached hydrogen (secondary N) is 2. The number of H-pyrrole nitrogens is 1. The molecule has 0 bridgehead atoms. The third kappa shape index (κ3) is 3.38. The van der Waals surface area contributed by atoms with Crippen LogP contribution in [-0.4, -0.2) is 39.4 Å². The van der Waals surface area contributed by atoms with Crippen molar-refractivity contribution in [1.82, 2.24) is 15.3 Å². The van der Waals surface area contributed by atoms with Crippen molar-refractivity contribution in [2.24, 2.45) is 4.99 Å². The maximum atomic E-state index is 11.6. The van der Waals surface area contributed by atoms with E-state index in [0.29, 0.717) is 21.2 Å². The lowest BCUT2D eigenvalue weighted by molar-refractivity contribution is 0.0954. The number of hydrogen-bond donors (Lipinski definition) is 4. The van der Waals surface area contributed by atoms with Gasteiger partial charge in [0.25, 0.3) is 5.91 Å². The topological polar surface area (TPSA) is 111 Å². The Morgan fingerprint density at radius 1 is 1.28 bits per heavy atom. The van der Waals surface area contributed by atoms with E-state index in [1.165, 1.54) is 13.3 Å². The van der Waals surface area contributed by atoms with Gasteiger partial charge in [-0.1, -0.05) is 0 Å². The molecule has 0 saturated carbocycles. The zero-order valence-electron chi connectivity index (χ0n) is 12.8. The zero-order valence-corrected chi connectivity index (χ0v) is 16.0. The molecular weight excluding hydrogens is 456 g/mol. The smallest absolute Gasteiger partial charge is 0.286 e. The van der Waals surface area contributed by atoms with E-state index < -0.39 is 0 Å². The molecule has 0 unspecified atom stereocenters. The van der Waals surface area contributed by atoms with Gasteiger partial charge in [0.1, 0.15) is 16.0 Å². The first kappa shape index (κ1) is 17.4. The summed E-state index contributed by atoms with van der Waals surface area (Å²) in [5, 5.41) is 22.3. The van der Waals surface area contributed by atoms with Crippen LogP contribution in [0.4, 0.5) is 5.69 Å². The van der Waals surface area contributed by atoms with E-state index in [1.807, 2.05) is 0 Å². The van der Waals surface area contributed by atoms with Crippen LogP contribution in [-0.2, 0) is 0 Å². The standard InChI is InChI=1S/C16H12Br2N4O3/c1-19-16(25)15-21-10-3-2-8(5-11(10)22-15)20-6-7-4-9(17)14(24)12(18)13(7)23/h2-6,23-24H,1H3,(H,19,25)(H,21,22)/b20-6+. The predicted molar refractivity (Wildman–Crippen MR) is 102 cm³/mol. The highest BCUT2D eigenvalue weighted by molar-refractivity contribution is 9.11. The van der Waals surface area contributed by atoms with Crippen molar-refractivity contribution < 1.29 is 15.0 Å². The molecule has 0 aliphatic heterocycles. The molecule has 0 saturated heterocycles. The van der Waals surface area contributed by atoms with Gasteiger partial charge in [-0.05, 0) is 56.1 Å². The molecule has 4 N–H and O–H groups in total. The molecular formula is C16H12Br2N4O3. The van der Waals surface area contributed by atoms with Crippen LogP contribution in [0.15, 0.2) is 38.2 Å². The largest absolute Gasteiger partial charge is 0.506 e. The number of halogens is 2. The second kappa shape index (κ2) is 6.85. The van der Waals surface area contributed by atoms with Gasteiger partial charge in [-0.25, -0.2) is 4.98 Å². The zero-order chi connectivity index (χ0) is 18.1. The van der Waals surface area contributed by atoms with Crippen molar-refractivity contribution in [1.29, 1.82) is 0 Å². The van der Waals surface area contributed by atoms with Crippen LogP contribution in [0.25, 0.3) is 11.0 Å². The third-order valence-corrected chi connectivity index (χ3v) is 4.81. The Morgan fingerprint density at radius 3 is 2.76 bits per heavy atom. The number of imidazole rings is 1. The number of aromatic hydroxyl groups is 2. The number of benzene rings is 2. The van der Waals surface area contributed by atoms with Crippen LogP contribution >= 0.6 is 31.9 Å². The molecule has 1 aromatic heterocycles. The molecule has 0 aliphatic rings. The maximum absolute atomic E-state index is 11.6. The summed E-state index contributed by atoms with van der Waals surface area (Å²) in [6.07, 6.45) is 1.47. The molecule has 128 valence electrons. The molecule has 0 aliphatic carbocycles. The first-order chi connectivity index (χ1) is 11.9. The van der Waals surface area contributed by atoms with Crippen LogP contribution in [0.3, 0.4) is 0 Å². The summed E-state index contributed by atoms with van der Waals surface area (Å²) in [5.74, 6) is -0.283. The van der Waals surface area contributed by atoms with E-state index in [2.05, 4.69) is 52.1 Å². The number of hydrogen-bond acceptors (Lipinski definition) is 5. The average molecular weight is 468 g/mol. The number of phenolic OH excluding ortho intramolecular Hbond substituents is 2. The molecule has 0 atom stereocenters. The van der Waals surface area contributed by atoms with Crippen LogP contribution in [0, 0.1) is 0 Å². The molecule has 9 heteroatoms. The first-order valence-electron chi connectivity index (χ1n) is 7.06. The number of fused-ring (bicyclic) bond motifs is 1. The predicted octanol–water partition coefficient (Wildman–Crippen LogP) is 3.61. The summed E-state index contributed by atoms with van der Waals surface area (Å²) in [4.78, 5) is 23.1. The van der Waals surface area contributed by atoms with E-state index in [1.54, 1.807) is 24.3 Å². The van der Waals surface area contributed by atoms with Crippen molar-refractivity contribution in [2.45, 2.75) is 0 Å². The number of aromatic nitrogens is 2. The monoisotopic (exact) mass is 466 g/mol. The van der Waals surface area contributed by atoms with Gasteiger partial charge in [0, 0.05) is 18.8 Å². The van der Waals surface area contributed by atoms with Gasteiger partial charge in [0.2, 0.25) is 0 Å². The molecule has 2 aromatic carbocycles. The van der Waals surface area contributed by atoms with E-state index >= 15 is 0 Å². The van der Waals surface area contributed by atoms with Crippen molar-refractivity contribution in [3.05, 3.63) is 44.6 Å². The highest BCUT2D eigenvalue weighted by Gasteiger charge is 2.13. The highest BCUT2D eigenvalue weighted by atomic mass is 79.9. The Kier molecular flexibility index (Phi) is 4.78. The minimum absolute atomic E-state index is 0.0886. The lowest BCUT2D eigenvalue weighted by Gasteiger charge is -2.06. The molecule has 7 nitrogen and oxygen atoms in total. The van der Waals surface area contributed by atoms with E-state index in [4.69, 9.17) is 0 Å². The van der Waals surface area contributed by atoms with E-state index in [-0.39, 0.29) is 27.7 Å². The summed E-state index contributed by atoms with van der Waals surface area (Å²) in [7, 11) is 1.53. The number of phenols is 2. The van der Waals surface area contributed by atoms with Gasteiger partial charge in [0.05, 0.1) is 21.2 Å². The number of nitrogens with zero attached hydrogens (tertiary/aromatic N) is 2. The van der Waals surface area contributed by atoms with Gasteiger partial charge < -0.3 is 20.5 Å². The molecule has 0 radical (unpaired) electrons. The second-order valence-corrected chi connectivity index (χ2v) is 6.73. The lowest BCUT2D eigenvalue weighted by atomic mass is 10.2. The Balaban J connectivity index is 1.95. The number of aromatic amines is 1. The second-order valence-electron chi connectivity index (χ2n) is 5.08. The number of carbonyl (C=O) groups excluding carboxylic acids is 1. The molecule has 0 fully saturated rings. The van der Waals surface area contributed by atoms with Crippen LogP contribution in [0.2, 0.25) is 0 Å². The summed E-state index contributed by atoms with van der Waals surface area (Å²) < 4.78 is 0.609. The van der Waals surface area contributed by atoms with Crippen molar-refractivity contribution >= 4 is 60.7 Å². The fourth-order valence-corrected chi connectivity index (χ4v) is 3.31. The summed E-state index contributed by atoms with van der Waals surface area (Å²) >= 11 is 6.33. The fraction of sp³-hybridized carbons (Fsp3) is 0.0625. The Morgan fingerprint density at radius 2 is 2.04 bits per heavy atom. The first-order valence-corrected chi connectivity index (χ1v) is 8.65. The number of carbonyl (C=O) groups is 1. The molecule has 3 aromatic rings. The molecule has 0 spiro atoms. The van der Waals surface area contributed by atoms with Crippen molar-refractivity contribution in [2.75, 3.05) is 7.05 Å². The number of rotatable bonds is 3. The van der Waals surface area contributed by atoms with E-state index in [9.17, 15) is 15.0 Å². The third-order valence-electron chi connectivity index (χ3n) is 3.46. The Hall–Kier alpha value is -2.39. The quantitative estimate of drug-likeness (QED) is 0.441. The maximum Gasteiger partial charge on any atom is 0.286 e. The SMILES string of the molecule is CNC(=O)c1nc2cc(/N=C/c3cc(Br)c(O)c(Br)c3O)ccc2[nH]1. The molecule has 25 heavy (non-hydrogen) atoms. The minimum Gasteiger partial charge on any atom is -0.506 e.